The number of nitrogens with zero attached hydrogens (tertiary/aromatic N) is 2. The number of aromatic nitrogens is 2. The Hall–Kier alpha value is -2.01. The van der Waals surface area contributed by atoms with E-state index in [4.69, 9.17) is 22.4 Å². The molecule has 0 aliphatic carbocycles. The number of nitrogen functional groups attached to an aromatic ring is 1. The van der Waals surface area contributed by atoms with Crippen LogP contribution in [0.4, 0.5) is 5.82 Å². The van der Waals surface area contributed by atoms with Crippen LogP contribution in [-0.2, 0) is 7.05 Å². The lowest BCUT2D eigenvalue weighted by atomic mass is 10.1. The zero-order valence-electron chi connectivity index (χ0n) is 9.01. The maximum Gasteiger partial charge on any atom is 0.357 e. The maximum absolute atomic E-state index is 11.1. The molecule has 0 fully saturated rings. The van der Waals surface area contributed by atoms with E-state index in [0.29, 0.717) is 22.0 Å². The molecule has 6 heteroatoms. The number of aromatic carboxylic acids is 1. The van der Waals surface area contributed by atoms with Gasteiger partial charge in [-0.05, 0) is 17.7 Å². The van der Waals surface area contributed by atoms with Gasteiger partial charge in [-0.25, -0.2) is 4.79 Å². The normalized spacial score (nSPS) is 10.5. The summed E-state index contributed by atoms with van der Waals surface area (Å²) < 4.78 is 1.33. The molecule has 5 nitrogen and oxygen atoms in total. The molecule has 0 bridgehead atoms. The highest BCUT2D eigenvalue weighted by Gasteiger charge is 2.20. The van der Waals surface area contributed by atoms with Crippen molar-refractivity contribution in [1.82, 2.24) is 9.78 Å². The van der Waals surface area contributed by atoms with Gasteiger partial charge < -0.3 is 10.8 Å². The average Bonchev–Trinajstić information content (AvgIpc) is 2.56. The third kappa shape index (κ3) is 1.97. The topological polar surface area (TPSA) is 81.1 Å². The summed E-state index contributed by atoms with van der Waals surface area (Å²) in [5, 5.41) is 13.5. The fraction of sp³-hybridized carbons (Fsp3) is 0.0909. The van der Waals surface area contributed by atoms with Gasteiger partial charge in [0.1, 0.15) is 5.82 Å². The third-order valence-corrected chi connectivity index (χ3v) is 2.64. The van der Waals surface area contributed by atoms with Crippen molar-refractivity contribution in [3.05, 3.63) is 35.0 Å². The molecule has 0 saturated carbocycles. The molecule has 0 radical (unpaired) electrons. The minimum atomic E-state index is -1.12. The van der Waals surface area contributed by atoms with E-state index < -0.39 is 5.97 Å². The predicted molar refractivity (Wildman–Crippen MR) is 65.0 cm³/mol. The number of carboxylic acid groups (broad SMARTS) is 1. The number of nitrogens with two attached hydrogens (primary N) is 1. The first-order valence-corrected chi connectivity index (χ1v) is 5.20. The smallest absolute Gasteiger partial charge is 0.357 e. The van der Waals surface area contributed by atoms with Crippen LogP contribution in [0.25, 0.3) is 11.1 Å². The lowest BCUT2D eigenvalue weighted by Gasteiger charge is -2.02. The number of hydrogen-bond donors (Lipinski definition) is 2. The van der Waals surface area contributed by atoms with Crippen molar-refractivity contribution in [2.45, 2.75) is 0 Å². The quantitative estimate of drug-likeness (QED) is 0.856. The second-order valence-corrected chi connectivity index (χ2v) is 3.98. The molecule has 1 heterocycles. The minimum absolute atomic E-state index is 0.0766. The minimum Gasteiger partial charge on any atom is -0.476 e. The third-order valence-electron chi connectivity index (χ3n) is 2.41. The fourth-order valence-corrected chi connectivity index (χ4v) is 1.81. The van der Waals surface area contributed by atoms with Gasteiger partial charge in [0.25, 0.3) is 0 Å². The van der Waals surface area contributed by atoms with Crippen molar-refractivity contribution in [2.75, 3.05) is 5.73 Å². The lowest BCUT2D eigenvalue weighted by molar-refractivity contribution is 0.0690. The molecule has 0 aliphatic rings. The number of benzene rings is 1. The number of rotatable bonds is 2. The largest absolute Gasteiger partial charge is 0.476 e. The summed E-state index contributed by atoms with van der Waals surface area (Å²) in [6, 6.07) is 6.83. The molecular formula is C11H10ClN3O2. The highest BCUT2D eigenvalue weighted by atomic mass is 35.5. The van der Waals surface area contributed by atoms with Crippen molar-refractivity contribution in [3.8, 4) is 11.1 Å². The number of aryl methyl sites for hydroxylation is 1. The molecule has 0 saturated heterocycles. The first-order chi connectivity index (χ1) is 8.00. The number of carboxylic acids is 1. The van der Waals surface area contributed by atoms with Crippen molar-refractivity contribution in [1.29, 1.82) is 0 Å². The summed E-state index contributed by atoms with van der Waals surface area (Å²) in [7, 11) is 1.59. The molecule has 2 aromatic rings. The monoisotopic (exact) mass is 251 g/mol. The van der Waals surface area contributed by atoms with Crippen LogP contribution in [-0.4, -0.2) is 20.9 Å². The van der Waals surface area contributed by atoms with Gasteiger partial charge in [0, 0.05) is 12.1 Å². The van der Waals surface area contributed by atoms with E-state index >= 15 is 0 Å². The fourth-order valence-electron chi connectivity index (χ4n) is 1.62. The zero-order chi connectivity index (χ0) is 12.6. The van der Waals surface area contributed by atoms with Gasteiger partial charge >= 0.3 is 5.97 Å². The second-order valence-electron chi connectivity index (χ2n) is 3.55. The van der Waals surface area contributed by atoms with E-state index in [2.05, 4.69) is 5.10 Å². The van der Waals surface area contributed by atoms with Crippen LogP contribution in [0.5, 0.6) is 0 Å². The number of halogens is 1. The molecule has 0 atom stereocenters. The Kier molecular flexibility index (Phi) is 2.77. The Morgan fingerprint density at radius 1 is 1.53 bits per heavy atom. The van der Waals surface area contributed by atoms with Gasteiger partial charge in [0.2, 0.25) is 0 Å². The Morgan fingerprint density at radius 3 is 2.82 bits per heavy atom. The molecule has 17 heavy (non-hydrogen) atoms. The molecule has 0 amide bonds. The van der Waals surface area contributed by atoms with Crippen LogP contribution in [0.3, 0.4) is 0 Å². The highest BCUT2D eigenvalue weighted by Crippen LogP contribution is 2.30. The molecular weight excluding hydrogens is 242 g/mol. The molecule has 0 unspecified atom stereocenters. The van der Waals surface area contributed by atoms with Crippen LogP contribution < -0.4 is 5.73 Å². The van der Waals surface area contributed by atoms with Crippen LogP contribution in [0, 0.1) is 0 Å². The maximum atomic E-state index is 11.1. The summed E-state index contributed by atoms with van der Waals surface area (Å²) in [4.78, 5) is 11.1. The SMILES string of the molecule is Cn1nc(C(=O)O)c(-c2cccc(Cl)c2)c1N. The van der Waals surface area contributed by atoms with E-state index in [1.807, 2.05) is 0 Å². The van der Waals surface area contributed by atoms with E-state index in [9.17, 15) is 4.79 Å². The average molecular weight is 252 g/mol. The van der Waals surface area contributed by atoms with Crippen LogP contribution in [0.2, 0.25) is 5.02 Å². The van der Waals surface area contributed by atoms with Gasteiger partial charge in [-0.15, -0.1) is 0 Å². The lowest BCUT2D eigenvalue weighted by Crippen LogP contribution is -2.00. The Bertz CT molecular complexity index is 592. The standard InChI is InChI=1S/C11H10ClN3O2/c1-15-10(13)8(9(14-15)11(16)17)6-3-2-4-7(12)5-6/h2-5H,13H2,1H3,(H,16,17). The first-order valence-electron chi connectivity index (χ1n) is 4.82. The highest BCUT2D eigenvalue weighted by molar-refractivity contribution is 6.30. The Labute approximate surface area is 102 Å². The van der Waals surface area contributed by atoms with Gasteiger partial charge in [-0.3, -0.25) is 4.68 Å². The summed E-state index contributed by atoms with van der Waals surface area (Å²) in [6.07, 6.45) is 0. The number of anilines is 1. The van der Waals surface area contributed by atoms with E-state index in [1.54, 1.807) is 31.3 Å². The van der Waals surface area contributed by atoms with Crippen molar-refractivity contribution in [2.24, 2.45) is 7.05 Å². The van der Waals surface area contributed by atoms with Gasteiger partial charge in [-0.2, -0.15) is 5.10 Å². The molecule has 2 rings (SSSR count). The second kappa shape index (κ2) is 4.10. The van der Waals surface area contributed by atoms with Gasteiger partial charge in [-0.1, -0.05) is 23.7 Å². The number of hydrogen-bond acceptors (Lipinski definition) is 3. The molecule has 1 aromatic carbocycles. The summed E-state index contributed by atoms with van der Waals surface area (Å²) in [6.45, 7) is 0. The Balaban J connectivity index is 2.70. The van der Waals surface area contributed by atoms with Crippen LogP contribution in [0.15, 0.2) is 24.3 Å². The van der Waals surface area contributed by atoms with E-state index in [0.717, 1.165) is 0 Å². The summed E-state index contributed by atoms with van der Waals surface area (Å²) in [5.41, 5.74) is 6.77. The zero-order valence-corrected chi connectivity index (χ0v) is 9.77. The molecule has 0 spiro atoms. The van der Waals surface area contributed by atoms with Crippen LogP contribution in [0.1, 0.15) is 10.5 Å². The van der Waals surface area contributed by atoms with Crippen LogP contribution >= 0.6 is 11.6 Å². The summed E-state index contributed by atoms with van der Waals surface area (Å²) >= 11 is 5.87. The predicted octanol–water partition coefficient (Wildman–Crippen LogP) is 2.02. The van der Waals surface area contributed by atoms with Gasteiger partial charge in [0.15, 0.2) is 5.69 Å². The van der Waals surface area contributed by atoms with Crippen molar-refractivity contribution in [3.63, 3.8) is 0 Å². The molecule has 1 aromatic heterocycles. The van der Waals surface area contributed by atoms with Gasteiger partial charge in [0.05, 0.1) is 5.56 Å². The molecule has 3 N–H and O–H groups in total. The van der Waals surface area contributed by atoms with Crippen molar-refractivity contribution >= 4 is 23.4 Å². The van der Waals surface area contributed by atoms with E-state index in [-0.39, 0.29) is 5.69 Å². The molecule has 88 valence electrons. The summed E-state index contributed by atoms with van der Waals surface area (Å²) in [5.74, 6) is -0.822. The van der Waals surface area contributed by atoms with Crippen molar-refractivity contribution < 1.29 is 9.90 Å². The number of carbonyl (C=O) groups is 1. The Morgan fingerprint density at radius 2 is 2.24 bits per heavy atom. The molecule has 0 aliphatic heterocycles. The first kappa shape index (κ1) is 11.5. The van der Waals surface area contributed by atoms with E-state index in [1.165, 1.54) is 4.68 Å².